The number of nitrogens with one attached hydrogen (secondary N) is 1. The Kier molecular flexibility index (Phi) is 6.87. The SMILES string of the molecule is CN1CCN(C(=O)c2ccnc(N3CCCC(COc4cccc5c4C(N)=NS(=O)N5)C3)c2)CC1. The molecule has 2 saturated heterocycles. The number of rotatable bonds is 5. The molecule has 2 unspecified atom stereocenters. The highest BCUT2D eigenvalue weighted by molar-refractivity contribution is 7.85. The zero-order valence-electron chi connectivity index (χ0n) is 19.9. The molecule has 1 aromatic carbocycles. The monoisotopic (exact) mass is 497 g/mol. The lowest BCUT2D eigenvalue weighted by atomic mass is 9.98. The molecule has 3 aliphatic rings. The summed E-state index contributed by atoms with van der Waals surface area (Å²) in [6.07, 6.45) is 3.79. The number of carbonyl (C=O) groups excluding carboxylic acids is 1. The summed E-state index contributed by atoms with van der Waals surface area (Å²) in [5, 5.41) is 0. The highest BCUT2D eigenvalue weighted by atomic mass is 32.2. The van der Waals surface area contributed by atoms with E-state index in [1.54, 1.807) is 12.3 Å². The molecule has 2 fully saturated rings. The number of pyridine rings is 1. The number of nitrogens with zero attached hydrogens (tertiary/aromatic N) is 5. The number of ether oxygens (including phenoxy) is 1. The van der Waals surface area contributed by atoms with Gasteiger partial charge in [-0.05, 0) is 44.2 Å². The minimum absolute atomic E-state index is 0.0706. The number of benzene rings is 1. The number of hydrogen-bond acceptors (Lipinski definition) is 7. The Labute approximate surface area is 207 Å². The second kappa shape index (κ2) is 10.2. The fraction of sp³-hybridized carbons (Fsp3) is 0.458. The van der Waals surface area contributed by atoms with Crippen LogP contribution >= 0.6 is 0 Å². The molecule has 4 heterocycles. The highest BCUT2D eigenvalue weighted by Gasteiger charge is 2.26. The lowest BCUT2D eigenvalue weighted by molar-refractivity contribution is 0.0664. The Hall–Kier alpha value is -3.18. The van der Waals surface area contributed by atoms with Crippen LogP contribution in [0.3, 0.4) is 0 Å². The molecule has 0 aliphatic carbocycles. The maximum Gasteiger partial charge on any atom is 0.254 e. The van der Waals surface area contributed by atoms with Gasteiger partial charge in [-0.15, -0.1) is 0 Å². The van der Waals surface area contributed by atoms with Crippen LogP contribution in [-0.2, 0) is 11.2 Å². The topological polar surface area (TPSA) is 116 Å². The zero-order chi connectivity index (χ0) is 24.4. The van der Waals surface area contributed by atoms with E-state index < -0.39 is 11.2 Å². The number of nitrogens with two attached hydrogens (primary N) is 1. The molecule has 186 valence electrons. The summed E-state index contributed by atoms with van der Waals surface area (Å²) in [5.74, 6) is 2.03. The maximum absolute atomic E-state index is 13.0. The van der Waals surface area contributed by atoms with E-state index in [1.807, 2.05) is 29.2 Å². The Balaban J connectivity index is 1.23. The van der Waals surface area contributed by atoms with E-state index in [0.717, 1.165) is 57.9 Å². The van der Waals surface area contributed by atoms with Gasteiger partial charge in [-0.25, -0.2) is 9.19 Å². The third-order valence-corrected chi connectivity index (χ3v) is 7.52. The van der Waals surface area contributed by atoms with Gasteiger partial charge < -0.3 is 25.2 Å². The quantitative estimate of drug-likeness (QED) is 0.643. The van der Waals surface area contributed by atoms with Crippen molar-refractivity contribution in [3.05, 3.63) is 47.7 Å². The number of aromatic nitrogens is 1. The van der Waals surface area contributed by atoms with Crippen LogP contribution in [-0.4, -0.2) is 83.7 Å². The average Bonchev–Trinajstić information content (AvgIpc) is 2.87. The van der Waals surface area contributed by atoms with Gasteiger partial charge in [-0.1, -0.05) is 6.07 Å². The van der Waals surface area contributed by atoms with Gasteiger partial charge in [0.2, 0.25) is 11.2 Å². The number of piperazine rings is 1. The standard InChI is InChI=1S/C24H31N7O3S/c1-29-10-12-30(13-11-29)24(32)18-7-8-26-21(14-18)31-9-3-4-17(15-31)16-34-20-6-2-5-19-22(20)23(25)28-35(33)27-19/h2,5-8,14,17,27H,3-4,9-13,15-16H2,1H3,(H2,25,28). The molecule has 3 N–H and O–H groups in total. The number of anilines is 2. The molecular weight excluding hydrogens is 466 g/mol. The van der Waals surface area contributed by atoms with Crippen molar-refractivity contribution < 1.29 is 13.7 Å². The first kappa shape index (κ1) is 23.6. The predicted octanol–water partition coefficient (Wildman–Crippen LogP) is 1.47. The predicted molar refractivity (Wildman–Crippen MR) is 137 cm³/mol. The van der Waals surface area contributed by atoms with Crippen molar-refractivity contribution in [2.45, 2.75) is 12.8 Å². The van der Waals surface area contributed by atoms with Gasteiger partial charge in [-0.3, -0.25) is 9.52 Å². The second-order valence-electron chi connectivity index (χ2n) is 9.27. The first-order chi connectivity index (χ1) is 17.0. The van der Waals surface area contributed by atoms with Gasteiger partial charge in [0.1, 0.15) is 17.4 Å². The van der Waals surface area contributed by atoms with Crippen LogP contribution < -0.4 is 20.1 Å². The normalized spacial score (nSPS) is 22.7. The summed E-state index contributed by atoms with van der Waals surface area (Å²) in [6.45, 7) is 5.50. The van der Waals surface area contributed by atoms with Crippen molar-refractivity contribution in [1.82, 2.24) is 14.8 Å². The van der Waals surface area contributed by atoms with Crippen LogP contribution in [0.15, 0.2) is 40.9 Å². The Morgan fingerprint density at radius 3 is 2.89 bits per heavy atom. The van der Waals surface area contributed by atoms with Crippen LogP contribution in [0.2, 0.25) is 0 Å². The zero-order valence-corrected chi connectivity index (χ0v) is 20.7. The van der Waals surface area contributed by atoms with Crippen molar-refractivity contribution in [3.63, 3.8) is 0 Å². The number of hydrogen-bond donors (Lipinski definition) is 2. The largest absolute Gasteiger partial charge is 0.492 e. The summed E-state index contributed by atoms with van der Waals surface area (Å²) in [4.78, 5) is 24.0. The molecule has 0 spiro atoms. The lowest BCUT2D eigenvalue weighted by Crippen LogP contribution is -2.47. The van der Waals surface area contributed by atoms with Crippen molar-refractivity contribution in [1.29, 1.82) is 0 Å². The smallest absolute Gasteiger partial charge is 0.254 e. The van der Waals surface area contributed by atoms with Crippen LogP contribution in [0.4, 0.5) is 11.5 Å². The van der Waals surface area contributed by atoms with Gasteiger partial charge >= 0.3 is 0 Å². The minimum Gasteiger partial charge on any atom is -0.492 e. The Morgan fingerprint density at radius 1 is 1.23 bits per heavy atom. The van der Waals surface area contributed by atoms with Gasteiger partial charge in [0.25, 0.3) is 5.91 Å². The first-order valence-corrected chi connectivity index (χ1v) is 13.1. The molecule has 1 amide bonds. The molecule has 2 atom stereocenters. The summed E-state index contributed by atoms with van der Waals surface area (Å²) >= 11 is -1.57. The van der Waals surface area contributed by atoms with E-state index in [0.29, 0.717) is 35.1 Å². The van der Waals surface area contributed by atoms with Crippen molar-refractivity contribution in [3.8, 4) is 5.75 Å². The van der Waals surface area contributed by atoms with E-state index in [9.17, 15) is 9.00 Å². The fourth-order valence-electron chi connectivity index (χ4n) is 4.79. The number of likely N-dealkylation sites (N-methyl/N-ethyl adjacent to an activating group) is 1. The summed E-state index contributed by atoms with van der Waals surface area (Å²) in [5.41, 5.74) is 8.03. The molecule has 0 saturated carbocycles. The number of piperidine rings is 1. The number of amides is 1. The molecule has 1 aromatic heterocycles. The minimum atomic E-state index is -1.57. The number of fused-ring (bicyclic) bond motifs is 1. The van der Waals surface area contributed by atoms with Gasteiger partial charge in [0.05, 0.1) is 17.9 Å². The summed E-state index contributed by atoms with van der Waals surface area (Å²) in [6, 6.07) is 9.23. The number of amidine groups is 1. The molecule has 35 heavy (non-hydrogen) atoms. The molecule has 11 heteroatoms. The third kappa shape index (κ3) is 5.25. The Bertz CT molecular complexity index is 1150. The second-order valence-corrected chi connectivity index (χ2v) is 10.2. The lowest BCUT2D eigenvalue weighted by Gasteiger charge is -2.34. The average molecular weight is 498 g/mol. The van der Waals surface area contributed by atoms with Gasteiger partial charge in [-0.2, -0.15) is 4.40 Å². The molecule has 0 radical (unpaired) electrons. The third-order valence-electron chi connectivity index (χ3n) is 6.76. The fourth-order valence-corrected chi connectivity index (χ4v) is 5.46. The van der Waals surface area contributed by atoms with E-state index in [2.05, 4.69) is 31.0 Å². The van der Waals surface area contributed by atoms with E-state index in [4.69, 9.17) is 10.5 Å². The Morgan fingerprint density at radius 2 is 2.06 bits per heavy atom. The van der Waals surface area contributed by atoms with E-state index in [-0.39, 0.29) is 11.7 Å². The van der Waals surface area contributed by atoms with Gasteiger partial charge in [0, 0.05) is 56.9 Å². The molecule has 2 aromatic rings. The van der Waals surface area contributed by atoms with E-state index >= 15 is 0 Å². The highest BCUT2D eigenvalue weighted by Crippen LogP contribution is 2.31. The van der Waals surface area contributed by atoms with Crippen molar-refractivity contribution >= 4 is 34.4 Å². The molecular formula is C24H31N7O3S. The van der Waals surface area contributed by atoms with Crippen molar-refractivity contribution in [2.24, 2.45) is 16.0 Å². The first-order valence-electron chi connectivity index (χ1n) is 12.0. The van der Waals surface area contributed by atoms with Crippen LogP contribution in [0.5, 0.6) is 5.75 Å². The van der Waals surface area contributed by atoms with Crippen LogP contribution in [0, 0.1) is 5.92 Å². The molecule has 10 nitrogen and oxygen atoms in total. The summed E-state index contributed by atoms with van der Waals surface area (Å²) < 4.78 is 24.6. The van der Waals surface area contributed by atoms with Crippen molar-refractivity contribution in [2.75, 3.05) is 62.5 Å². The van der Waals surface area contributed by atoms with E-state index in [1.165, 1.54) is 0 Å². The van der Waals surface area contributed by atoms with Crippen LogP contribution in [0.1, 0.15) is 28.8 Å². The molecule has 0 bridgehead atoms. The maximum atomic E-state index is 13.0. The summed E-state index contributed by atoms with van der Waals surface area (Å²) in [7, 11) is 2.08. The van der Waals surface area contributed by atoms with Gasteiger partial charge in [0.15, 0.2) is 0 Å². The van der Waals surface area contributed by atoms with Crippen LogP contribution in [0.25, 0.3) is 0 Å². The molecule has 5 rings (SSSR count). The number of carbonyl (C=O) groups is 1. The molecule has 3 aliphatic heterocycles.